The van der Waals surface area contributed by atoms with Crippen LogP contribution in [0, 0.1) is 0 Å². The molecule has 1 fully saturated rings. The Morgan fingerprint density at radius 1 is 0.596 bits per heavy atom. The van der Waals surface area contributed by atoms with E-state index in [0.717, 1.165) is 12.6 Å². The Labute approximate surface area is 265 Å². The normalized spacial score (nSPS) is 14.4. The maximum Gasteiger partial charge on any atom is 0.644 e. The van der Waals surface area contributed by atoms with Gasteiger partial charge >= 0.3 is 31.9 Å². The molecule has 1 aliphatic rings. The molecule has 1 N–H and O–H groups in total. The number of hydrogen-bond donors (Lipinski definition) is 1. The zero-order valence-corrected chi connectivity index (χ0v) is 26.1. The highest BCUT2D eigenvalue weighted by Gasteiger charge is 2.94. The van der Waals surface area contributed by atoms with E-state index in [2.05, 4.69) is 106 Å². The van der Waals surface area contributed by atoms with Crippen LogP contribution in [0.3, 0.4) is 0 Å². The summed E-state index contributed by atoms with van der Waals surface area (Å²) in [5.74, 6) is -15.4. The van der Waals surface area contributed by atoms with Crippen LogP contribution in [-0.2, 0) is 15.0 Å². The van der Waals surface area contributed by atoms with Crippen LogP contribution in [0.5, 0.6) is 0 Å². The van der Waals surface area contributed by atoms with E-state index in [-0.39, 0.29) is 17.2 Å². The molecule has 0 bridgehead atoms. The number of carbonyl (C=O) groups is 2. The van der Waals surface area contributed by atoms with Crippen molar-refractivity contribution in [2.75, 3.05) is 6.16 Å². The number of carbonyl (C=O) groups excluding carboxylic acids is 2. The Morgan fingerprint density at radius 2 is 0.936 bits per heavy atom. The predicted molar refractivity (Wildman–Crippen MR) is 157 cm³/mol. The van der Waals surface area contributed by atoms with E-state index in [1.165, 1.54) is 23.1 Å². The molecule has 47 heavy (non-hydrogen) atoms. The van der Waals surface area contributed by atoms with Crippen molar-refractivity contribution in [3.8, 4) is 0 Å². The zero-order valence-electron chi connectivity index (χ0n) is 24.1. The first-order valence-electron chi connectivity index (χ1n) is 13.5. The predicted octanol–water partition coefficient (Wildman–Crippen LogP) is 10.2. The third-order valence-electron chi connectivity index (χ3n) is 6.86. The highest BCUT2D eigenvalue weighted by molar-refractivity contribution is 7.61. The van der Waals surface area contributed by atoms with Crippen molar-refractivity contribution in [3.63, 3.8) is 0 Å². The first-order valence-corrected chi connectivity index (χ1v) is 15.8. The van der Waals surface area contributed by atoms with Gasteiger partial charge in [0, 0.05) is 30.8 Å². The number of nitrogens with one attached hydrogen (secondary N) is 1. The molecule has 3 nitrogen and oxygen atoms in total. The highest BCUT2D eigenvalue weighted by Crippen LogP contribution is 2.80. The van der Waals surface area contributed by atoms with Crippen molar-refractivity contribution in [1.29, 1.82) is 0 Å². The molecule has 4 rings (SSSR count). The molecule has 1 heterocycles. The van der Waals surface area contributed by atoms with Gasteiger partial charge in [0.2, 0.25) is 11.8 Å². The van der Waals surface area contributed by atoms with Crippen LogP contribution in [-0.4, -0.2) is 41.7 Å². The molecule has 1 aliphatic heterocycles. The summed E-state index contributed by atoms with van der Waals surface area (Å²) in [5.41, 5.74) is -3.39. The van der Waals surface area contributed by atoms with Crippen LogP contribution >= 0.6 is 17.4 Å². The zero-order chi connectivity index (χ0) is 35.7. The number of halogens is 12. The molecule has 0 aromatic heterocycles. The van der Waals surface area contributed by atoms with Crippen molar-refractivity contribution in [2.45, 2.75) is 54.8 Å². The van der Waals surface area contributed by atoms with Crippen LogP contribution in [0.25, 0.3) is 0 Å². The van der Waals surface area contributed by atoms with Gasteiger partial charge in [-0.1, -0.05) is 91.0 Å². The van der Waals surface area contributed by atoms with E-state index in [0.29, 0.717) is 12.8 Å². The quantitative estimate of drug-likeness (QED) is 0.103. The summed E-state index contributed by atoms with van der Waals surface area (Å²) in [6.45, 7) is 0. The maximum absolute atomic E-state index is 12.1. The second-order valence-corrected chi connectivity index (χ2v) is 12.0. The summed E-state index contributed by atoms with van der Waals surface area (Å²) in [4.78, 5) is 20.2. The van der Waals surface area contributed by atoms with Gasteiger partial charge in [-0.3, -0.25) is 14.9 Å². The van der Waals surface area contributed by atoms with Gasteiger partial charge in [-0.2, -0.15) is 39.5 Å². The molecular weight excluding hydrogens is 696 g/mol. The Bertz CT molecular complexity index is 1300. The lowest BCUT2D eigenvalue weighted by molar-refractivity contribution is -0.383. The molecule has 2 amide bonds. The van der Waals surface area contributed by atoms with Crippen molar-refractivity contribution >= 4 is 29.2 Å². The number of imide groups is 1. The first-order chi connectivity index (χ1) is 21.7. The van der Waals surface area contributed by atoms with E-state index in [1.807, 2.05) is 0 Å². The van der Waals surface area contributed by atoms with Gasteiger partial charge in [0.05, 0.1) is 0 Å². The molecule has 0 spiro atoms. The minimum atomic E-state index is -8.47. The van der Waals surface area contributed by atoms with Crippen molar-refractivity contribution in [3.05, 3.63) is 108 Å². The lowest BCUT2D eigenvalue weighted by Crippen LogP contribution is -2.60. The summed E-state index contributed by atoms with van der Waals surface area (Å²) in [6, 6.07) is 32.8. The third-order valence-corrected chi connectivity index (χ3v) is 8.19. The van der Waals surface area contributed by atoms with Gasteiger partial charge in [0.1, 0.15) is 0 Å². The fourth-order valence-electron chi connectivity index (χ4n) is 4.50. The minimum absolute atomic E-state index is 0.0830. The SMILES string of the molecule is FC(F)(F)C(F)(F)C(F)(F)C(F)(F)[P+](F)(F)F.O=C1CCC(=O)N1.PCCCC(c1ccccc1)(c1ccccc1)c1ccccc1. The van der Waals surface area contributed by atoms with Gasteiger partial charge in [0.15, 0.2) is 0 Å². The Kier molecular flexibility index (Phi) is 13.5. The van der Waals surface area contributed by atoms with Crippen LogP contribution < -0.4 is 5.32 Å². The Morgan fingerprint density at radius 3 is 1.17 bits per heavy atom. The topological polar surface area (TPSA) is 46.2 Å². The number of rotatable bonds is 9. The van der Waals surface area contributed by atoms with Crippen molar-refractivity contribution in [2.24, 2.45) is 0 Å². The van der Waals surface area contributed by atoms with Gasteiger partial charge in [0.25, 0.3) is 0 Å². The van der Waals surface area contributed by atoms with Gasteiger partial charge in [-0.05, 0) is 35.7 Å². The van der Waals surface area contributed by atoms with E-state index >= 15 is 0 Å². The molecule has 17 heteroatoms. The number of benzene rings is 3. The van der Waals surface area contributed by atoms with Gasteiger partial charge < -0.3 is 0 Å². The molecular formula is C30H28F12NO2P2+. The number of hydrogen-bond acceptors (Lipinski definition) is 2. The summed E-state index contributed by atoms with van der Waals surface area (Å²) in [5, 5.41) is 2.14. The van der Waals surface area contributed by atoms with E-state index in [4.69, 9.17) is 0 Å². The molecule has 1 atom stereocenters. The molecule has 0 aliphatic carbocycles. The lowest BCUT2D eigenvalue weighted by Gasteiger charge is -2.36. The summed E-state index contributed by atoms with van der Waals surface area (Å²) in [6.07, 6.45) is -3.10. The Hall–Kier alpha value is -3.18. The van der Waals surface area contributed by atoms with Crippen LogP contribution in [0.2, 0.25) is 0 Å². The highest BCUT2D eigenvalue weighted by atomic mass is 31.3. The largest absolute Gasteiger partial charge is 0.644 e. The lowest BCUT2D eigenvalue weighted by atomic mass is 9.67. The smallest absolute Gasteiger partial charge is 0.296 e. The van der Waals surface area contributed by atoms with Gasteiger partial charge in [-0.15, -0.1) is 9.24 Å². The molecule has 258 valence electrons. The van der Waals surface area contributed by atoms with E-state index in [1.54, 1.807) is 0 Å². The summed E-state index contributed by atoms with van der Waals surface area (Å²) < 4.78 is 140. The fraction of sp³-hybridized carbons (Fsp3) is 0.333. The van der Waals surface area contributed by atoms with Crippen molar-refractivity contribution < 1.29 is 61.7 Å². The molecule has 1 saturated heterocycles. The maximum atomic E-state index is 12.1. The third kappa shape index (κ3) is 9.04. The molecule has 0 radical (unpaired) electrons. The standard InChI is InChI=1S/C22H23P.C4F12P.C4H5NO2/c23-18-10-17-22(19-11-4-1-5-12-19,20-13-6-2-7-14-20)21-15-8-3-9-16-21;5-1(6,3(9,10)11)2(7,8)4(12,13)17(14,15)16;6-3-1-2-4(7)5-3/h1-9,11-16H,10,17-18,23H2;;1-2H2,(H,5,6,7)/q;+1;. The second kappa shape index (κ2) is 15.8. The first kappa shape index (κ1) is 40.0. The van der Waals surface area contributed by atoms with E-state index < -0.39 is 31.9 Å². The molecule has 3 aromatic carbocycles. The van der Waals surface area contributed by atoms with E-state index in [9.17, 15) is 61.7 Å². The average Bonchev–Trinajstić information content (AvgIpc) is 3.40. The Balaban J connectivity index is 0.000000280. The minimum Gasteiger partial charge on any atom is -0.296 e. The van der Waals surface area contributed by atoms with Gasteiger partial charge in [-0.25, -0.2) is 0 Å². The summed E-state index contributed by atoms with van der Waals surface area (Å²) in [7, 11) is -5.60. The molecule has 0 saturated carbocycles. The van der Waals surface area contributed by atoms with Crippen LogP contribution in [0.1, 0.15) is 42.4 Å². The fourth-order valence-corrected chi connectivity index (χ4v) is 5.16. The molecule has 3 aromatic rings. The number of alkyl halides is 9. The monoisotopic (exact) mass is 724 g/mol. The summed E-state index contributed by atoms with van der Waals surface area (Å²) >= 11 is 0. The number of amides is 2. The van der Waals surface area contributed by atoms with Crippen LogP contribution in [0.4, 0.5) is 52.1 Å². The molecule has 1 unspecified atom stereocenters. The van der Waals surface area contributed by atoms with Crippen LogP contribution in [0.15, 0.2) is 91.0 Å². The average molecular weight is 724 g/mol. The van der Waals surface area contributed by atoms with Crippen molar-refractivity contribution in [1.82, 2.24) is 5.32 Å². The second-order valence-electron chi connectivity index (χ2n) is 10.00.